The van der Waals surface area contributed by atoms with Gasteiger partial charge in [-0.1, -0.05) is 6.92 Å². The van der Waals surface area contributed by atoms with Gasteiger partial charge in [0.05, 0.1) is 0 Å². The first-order valence-electron chi connectivity index (χ1n) is 5.37. The maximum absolute atomic E-state index is 11.7. The van der Waals surface area contributed by atoms with Crippen molar-refractivity contribution < 1.29 is 9.59 Å². The number of hydrogen-bond donors (Lipinski definition) is 1. The minimum Gasteiger partial charge on any atom is -0.342 e. The Hall–Kier alpha value is -1.26. The molecule has 0 aromatic heterocycles. The average Bonchev–Trinajstić information content (AvgIpc) is 2.23. The smallest absolute Gasteiger partial charge is 0.318 e. The maximum Gasteiger partial charge on any atom is 0.318 e. The lowest BCUT2D eigenvalue weighted by molar-refractivity contribution is -0.137. The van der Waals surface area contributed by atoms with Gasteiger partial charge < -0.3 is 15.1 Å². The molecule has 1 heterocycles. The van der Waals surface area contributed by atoms with Crippen LogP contribution in [0.1, 0.15) is 20.3 Å². The molecule has 0 spiro atoms. The van der Waals surface area contributed by atoms with Crippen molar-refractivity contribution in [3.63, 3.8) is 0 Å². The molecule has 5 heteroatoms. The highest BCUT2D eigenvalue weighted by Crippen LogP contribution is 2.09. The van der Waals surface area contributed by atoms with E-state index in [9.17, 15) is 9.59 Å². The second-order valence-corrected chi connectivity index (χ2v) is 3.86. The van der Waals surface area contributed by atoms with Crippen LogP contribution in [0, 0.1) is 0 Å². The molecule has 15 heavy (non-hydrogen) atoms. The van der Waals surface area contributed by atoms with Gasteiger partial charge in [0.15, 0.2) is 0 Å². The van der Waals surface area contributed by atoms with E-state index in [0.717, 1.165) is 6.42 Å². The minimum absolute atomic E-state index is 0.00731. The van der Waals surface area contributed by atoms with Crippen molar-refractivity contribution >= 4 is 11.9 Å². The molecule has 86 valence electrons. The number of carbonyl (C=O) groups excluding carboxylic acids is 2. The van der Waals surface area contributed by atoms with Gasteiger partial charge in [0.25, 0.3) is 0 Å². The lowest BCUT2D eigenvalue weighted by atomic mass is 10.2. The first-order valence-corrected chi connectivity index (χ1v) is 5.37. The summed E-state index contributed by atoms with van der Waals surface area (Å²) in [5, 5.41) is 2.78. The van der Waals surface area contributed by atoms with Crippen LogP contribution in [0.3, 0.4) is 0 Å². The zero-order chi connectivity index (χ0) is 11.4. The third kappa shape index (κ3) is 2.61. The molecule has 0 radical (unpaired) electrons. The first-order chi connectivity index (χ1) is 7.07. The van der Waals surface area contributed by atoms with Crippen molar-refractivity contribution in [2.75, 3.05) is 26.7 Å². The van der Waals surface area contributed by atoms with Crippen LogP contribution >= 0.6 is 0 Å². The predicted molar refractivity (Wildman–Crippen MR) is 57.5 cm³/mol. The van der Waals surface area contributed by atoms with E-state index in [0.29, 0.717) is 19.6 Å². The molecule has 5 nitrogen and oxygen atoms in total. The second kappa shape index (κ2) is 5.00. The molecule has 1 N–H and O–H groups in total. The fraction of sp³-hybridized carbons (Fsp3) is 0.800. The Morgan fingerprint density at radius 2 is 2.20 bits per heavy atom. The minimum atomic E-state index is -0.347. The summed E-state index contributed by atoms with van der Waals surface area (Å²) in [5.74, 6) is 0.00731. The third-order valence-corrected chi connectivity index (χ3v) is 2.66. The topological polar surface area (TPSA) is 52.7 Å². The van der Waals surface area contributed by atoms with Gasteiger partial charge in [0.1, 0.15) is 6.04 Å². The predicted octanol–water partition coefficient (Wildman–Crippen LogP) is 0.269. The van der Waals surface area contributed by atoms with Crippen molar-refractivity contribution in [1.82, 2.24) is 15.1 Å². The SMILES string of the molecule is CCCNC(=O)N1CCN(C)C(=O)C1C. The lowest BCUT2D eigenvalue weighted by Gasteiger charge is -2.37. The molecule has 1 atom stereocenters. The molecule has 1 saturated heterocycles. The highest BCUT2D eigenvalue weighted by atomic mass is 16.2. The molecular formula is C10H19N3O2. The van der Waals surface area contributed by atoms with Gasteiger partial charge >= 0.3 is 6.03 Å². The number of nitrogens with zero attached hydrogens (tertiary/aromatic N) is 2. The molecule has 0 aromatic rings. The summed E-state index contributed by atoms with van der Waals surface area (Å²) >= 11 is 0. The standard InChI is InChI=1S/C10H19N3O2/c1-4-5-11-10(15)13-7-6-12(3)9(14)8(13)2/h8H,4-7H2,1-3H3,(H,11,15). The van der Waals surface area contributed by atoms with E-state index in [1.54, 1.807) is 23.8 Å². The largest absolute Gasteiger partial charge is 0.342 e. The summed E-state index contributed by atoms with van der Waals surface area (Å²) in [5.41, 5.74) is 0. The Balaban J connectivity index is 2.55. The number of piperazine rings is 1. The molecular weight excluding hydrogens is 194 g/mol. The van der Waals surface area contributed by atoms with Crippen LogP contribution in [0.15, 0.2) is 0 Å². The van der Waals surface area contributed by atoms with Crippen LogP contribution in [-0.4, -0.2) is 54.5 Å². The van der Waals surface area contributed by atoms with Crippen molar-refractivity contribution in [2.24, 2.45) is 0 Å². The summed E-state index contributed by atoms with van der Waals surface area (Å²) < 4.78 is 0. The van der Waals surface area contributed by atoms with E-state index in [-0.39, 0.29) is 18.0 Å². The monoisotopic (exact) mass is 213 g/mol. The van der Waals surface area contributed by atoms with E-state index in [2.05, 4.69) is 5.32 Å². The normalized spacial score (nSPS) is 21.8. The van der Waals surface area contributed by atoms with Crippen LogP contribution in [0.5, 0.6) is 0 Å². The Bertz CT molecular complexity index is 255. The average molecular weight is 213 g/mol. The number of likely N-dealkylation sites (N-methyl/N-ethyl adjacent to an activating group) is 1. The number of rotatable bonds is 2. The summed E-state index contributed by atoms with van der Waals surface area (Å²) in [7, 11) is 1.76. The van der Waals surface area contributed by atoms with Gasteiger partial charge in [-0.3, -0.25) is 4.79 Å². The van der Waals surface area contributed by atoms with Crippen LogP contribution in [-0.2, 0) is 4.79 Å². The zero-order valence-corrected chi connectivity index (χ0v) is 9.62. The van der Waals surface area contributed by atoms with Gasteiger partial charge in [-0.25, -0.2) is 4.79 Å². The Labute approximate surface area is 90.4 Å². The number of amides is 3. The second-order valence-electron chi connectivity index (χ2n) is 3.86. The fourth-order valence-electron chi connectivity index (χ4n) is 1.62. The molecule has 0 saturated carbocycles. The molecule has 0 bridgehead atoms. The van der Waals surface area contributed by atoms with Gasteiger partial charge in [0.2, 0.25) is 5.91 Å². The molecule has 1 aliphatic heterocycles. The number of carbonyl (C=O) groups is 2. The number of urea groups is 1. The molecule has 3 amide bonds. The molecule has 0 aliphatic carbocycles. The van der Waals surface area contributed by atoms with Crippen molar-refractivity contribution in [3.05, 3.63) is 0 Å². The molecule has 1 fully saturated rings. The van der Waals surface area contributed by atoms with E-state index in [4.69, 9.17) is 0 Å². The van der Waals surface area contributed by atoms with Crippen molar-refractivity contribution in [1.29, 1.82) is 0 Å². The number of nitrogens with one attached hydrogen (secondary N) is 1. The third-order valence-electron chi connectivity index (χ3n) is 2.66. The summed E-state index contributed by atoms with van der Waals surface area (Å²) in [4.78, 5) is 26.5. The summed E-state index contributed by atoms with van der Waals surface area (Å²) in [6.45, 7) is 5.65. The van der Waals surface area contributed by atoms with E-state index in [1.165, 1.54) is 0 Å². The number of hydrogen-bond acceptors (Lipinski definition) is 2. The highest BCUT2D eigenvalue weighted by Gasteiger charge is 2.32. The molecule has 1 unspecified atom stereocenters. The maximum atomic E-state index is 11.7. The van der Waals surface area contributed by atoms with Gasteiger partial charge in [-0.05, 0) is 13.3 Å². The van der Waals surface area contributed by atoms with E-state index < -0.39 is 0 Å². The lowest BCUT2D eigenvalue weighted by Crippen LogP contribution is -2.58. The van der Waals surface area contributed by atoms with Crippen molar-refractivity contribution in [2.45, 2.75) is 26.3 Å². The van der Waals surface area contributed by atoms with E-state index in [1.807, 2.05) is 6.92 Å². The molecule has 0 aromatic carbocycles. The molecule has 1 aliphatic rings. The Morgan fingerprint density at radius 1 is 1.53 bits per heavy atom. The fourth-order valence-corrected chi connectivity index (χ4v) is 1.62. The van der Waals surface area contributed by atoms with Gasteiger partial charge in [-0.2, -0.15) is 0 Å². The van der Waals surface area contributed by atoms with Crippen molar-refractivity contribution in [3.8, 4) is 0 Å². The highest BCUT2D eigenvalue weighted by molar-refractivity contribution is 5.87. The summed E-state index contributed by atoms with van der Waals surface area (Å²) in [6.07, 6.45) is 0.905. The Morgan fingerprint density at radius 3 is 2.80 bits per heavy atom. The zero-order valence-electron chi connectivity index (χ0n) is 9.62. The quantitative estimate of drug-likeness (QED) is 0.715. The van der Waals surface area contributed by atoms with Crippen LogP contribution < -0.4 is 5.32 Å². The van der Waals surface area contributed by atoms with Gasteiger partial charge in [-0.15, -0.1) is 0 Å². The Kier molecular flexibility index (Phi) is 3.94. The molecule has 1 rings (SSSR count). The first kappa shape index (κ1) is 11.8. The van der Waals surface area contributed by atoms with Crippen LogP contribution in [0.25, 0.3) is 0 Å². The van der Waals surface area contributed by atoms with E-state index >= 15 is 0 Å². The van der Waals surface area contributed by atoms with Crippen LogP contribution in [0.2, 0.25) is 0 Å². The van der Waals surface area contributed by atoms with Crippen LogP contribution in [0.4, 0.5) is 4.79 Å². The van der Waals surface area contributed by atoms with Gasteiger partial charge in [0, 0.05) is 26.7 Å². The summed E-state index contributed by atoms with van der Waals surface area (Å²) in [6, 6.07) is -0.480.